The predicted octanol–water partition coefficient (Wildman–Crippen LogP) is 2.05. The zero-order chi connectivity index (χ0) is 12.1. The maximum Gasteiger partial charge on any atom is 0.379 e. The fraction of sp³-hybridized carbons (Fsp3) is 0.364. The van der Waals surface area contributed by atoms with E-state index in [1.165, 1.54) is 6.07 Å². The van der Waals surface area contributed by atoms with E-state index >= 15 is 0 Å². The monoisotopic (exact) mass is 243 g/mol. The van der Waals surface area contributed by atoms with Gasteiger partial charge in [-0.2, -0.15) is 12.6 Å². The lowest BCUT2D eigenvalue weighted by molar-refractivity contribution is -0.0788. The highest BCUT2D eigenvalue weighted by atomic mass is 32.1. The summed E-state index contributed by atoms with van der Waals surface area (Å²) < 4.78 is 11.7. The first kappa shape index (κ1) is 13.0. The van der Waals surface area contributed by atoms with E-state index in [4.69, 9.17) is 5.73 Å². The molecular weight excluding hydrogens is 229 g/mol. The highest BCUT2D eigenvalue weighted by molar-refractivity contribution is 7.80. The highest BCUT2D eigenvalue weighted by Gasteiger charge is 2.11. The Morgan fingerprint density at radius 3 is 2.75 bits per heavy atom. The molecule has 0 aliphatic carbocycles. The van der Waals surface area contributed by atoms with Crippen LogP contribution in [0, 0.1) is 0 Å². The molecule has 0 aromatic heterocycles. The van der Waals surface area contributed by atoms with Gasteiger partial charge in [-0.15, -0.1) is 0 Å². The zero-order valence-electron chi connectivity index (χ0n) is 8.94. The smallest absolute Gasteiger partial charge is 0.319 e. The van der Waals surface area contributed by atoms with E-state index in [0.717, 1.165) is 17.5 Å². The zero-order valence-corrected chi connectivity index (χ0v) is 9.84. The Bertz CT molecular complexity index is 382. The summed E-state index contributed by atoms with van der Waals surface area (Å²) in [5, 5.41) is -0.246. The molecule has 0 spiro atoms. The second-order valence-corrected chi connectivity index (χ2v) is 4.14. The summed E-state index contributed by atoms with van der Waals surface area (Å²) in [6.07, 6.45) is 1.35. The van der Waals surface area contributed by atoms with Gasteiger partial charge in [0.05, 0.1) is 10.9 Å². The Balaban J connectivity index is 3.01. The van der Waals surface area contributed by atoms with E-state index in [-0.39, 0.29) is 10.9 Å². The molecule has 1 aromatic rings. The van der Waals surface area contributed by atoms with Gasteiger partial charge in [-0.1, -0.05) is 13.0 Å². The molecule has 16 heavy (non-hydrogen) atoms. The molecular formula is C11H14FNO2S. The number of nitrogens with two attached hydrogens (primary N) is 1. The number of hydrogen-bond donors (Lipinski definition) is 2. The molecule has 0 radical (unpaired) electrons. The van der Waals surface area contributed by atoms with Crippen molar-refractivity contribution in [2.75, 3.05) is 0 Å². The van der Waals surface area contributed by atoms with Crippen molar-refractivity contribution in [3.8, 4) is 0 Å². The lowest BCUT2D eigenvalue weighted by atomic mass is 9.99. The quantitative estimate of drug-likeness (QED) is 0.628. The lowest BCUT2D eigenvalue weighted by Crippen LogP contribution is -2.16. The average molecular weight is 243 g/mol. The molecule has 1 rings (SSSR count). The second-order valence-electron chi connectivity index (χ2n) is 3.47. The maximum absolute atomic E-state index is 11.7. The Morgan fingerprint density at radius 1 is 1.56 bits per heavy atom. The molecule has 0 saturated carbocycles. The van der Waals surface area contributed by atoms with Crippen LogP contribution in [-0.4, -0.2) is 11.3 Å². The van der Waals surface area contributed by atoms with Crippen LogP contribution in [0.1, 0.15) is 28.4 Å². The number of aryl methyl sites for hydroxylation is 1. The molecule has 0 aliphatic rings. The van der Waals surface area contributed by atoms with Crippen LogP contribution in [-0.2, 0) is 17.8 Å². The molecule has 1 unspecified atom stereocenters. The summed E-state index contributed by atoms with van der Waals surface area (Å²) in [5.74, 6) is -0.976. The average Bonchev–Trinajstić information content (AvgIpc) is 2.27. The topological polar surface area (TPSA) is 52.3 Å². The SMILES string of the molecule is CCc1cc(C(=O)OF)ccc1CC(N)S. The van der Waals surface area contributed by atoms with Crippen LogP contribution in [0.2, 0.25) is 0 Å². The standard InChI is InChI=1S/C11H14FNO2S/c1-2-7-5-9(11(14)15-12)4-3-8(7)6-10(13)16/h3-5,10,16H,2,6,13H2,1H3. The van der Waals surface area contributed by atoms with Crippen molar-refractivity contribution in [2.45, 2.75) is 25.1 Å². The minimum atomic E-state index is -0.976. The van der Waals surface area contributed by atoms with Gasteiger partial charge in [0.15, 0.2) is 0 Å². The van der Waals surface area contributed by atoms with E-state index < -0.39 is 5.97 Å². The molecule has 0 aliphatic heterocycles. The van der Waals surface area contributed by atoms with Gasteiger partial charge in [-0.25, -0.2) is 9.74 Å². The number of benzene rings is 1. The Morgan fingerprint density at radius 2 is 2.25 bits per heavy atom. The molecule has 5 heteroatoms. The number of carbonyl (C=O) groups excluding carboxylic acids is 1. The van der Waals surface area contributed by atoms with Crippen molar-refractivity contribution in [1.82, 2.24) is 0 Å². The molecule has 0 amide bonds. The van der Waals surface area contributed by atoms with Crippen LogP contribution in [0.15, 0.2) is 18.2 Å². The first-order valence-corrected chi connectivity index (χ1v) is 5.48. The fourth-order valence-corrected chi connectivity index (χ4v) is 1.75. The van der Waals surface area contributed by atoms with Gasteiger partial charge in [-0.3, -0.25) is 0 Å². The summed E-state index contributed by atoms with van der Waals surface area (Å²) in [4.78, 5) is 14.2. The number of hydrogen-bond acceptors (Lipinski definition) is 4. The minimum absolute atomic E-state index is 0.204. The number of carbonyl (C=O) groups is 1. The molecule has 0 fully saturated rings. The highest BCUT2D eigenvalue weighted by Crippen LogP contribution is 2.16. The normalized spacial score (nSPS) is 12.2. The van der Waals surface area contributed by atoms with Crippen LogP contribution in [0.25, 0.3) is 0 Å². The van der Waals surface area contributed by atoms with Crippen molar-refractivity contribution in [1.29, 1.82) is 0 Å². The van der Waals surface area contributed by atoms with Gasteiger partial charge >= 0.3 is 5.97 Å². The fourth-order valence-electron chi connectivity index (χ4n) is 1.55. The number of thiol groups is 1. The van der Waals surface area contributed by atoms with E-state index in [0.29, 0.717) is 6.42 Å². The second kappa shape index (κ2) is 5.86. The van der Waals surface area contributed by atoms with Crippen molar-refractivity contribution in [2.24, 2.45) is 5.73 Å². The Hall–Kier alpha value is -1.07. The molecule has 3 nitrogen and oxygen atoms in total. The van der Waals surface area contributed by atoms with E-state index in [1.54, 1.807) is 12.1 Å². The van der Waals surface area contributed by atoms with Gasteiger partial charge in [0.25, 0.3) is 0 Å². The van der Waals surface area contributed by atoms with Crippen LogP contribution < -0.4 is 5.73 Å². The van der Waals surface area contributed by atoms with Crippen molar-refractivity contribution < 1.29 is 14.3 Å². The van der Waals surface area contributed by atoms with E-state index in [9.17, 15) is 9.32 Å². The van der Waals surface area contributed by atoms with Gasteiger partial charge in [0.1, 0.15) is 0 Å². The summed E-state index contributed by atoms with van der Waals surface area (Å²) in [6, 6.07) is 4.89. The Labute approximate surface area is 99.1 Å². The van der Waals surface area contributed by atoms with Gasteiger partial charge in [0.2, 0.25) is 0 Å². The van der Waals surface area contributed by atoms with E-state index in [1.807, 2.05) is 6.92 Å². The first-order valence-electron chi connectivity index (χ1n) is 4.96. The third-order valence-corrected chi connectivity index (χ3v) is 2.50. The maximum atomic E-state index is 11.7. The van der Waals surface area contributed by atoms with Crippen molar-refractivity contribution in [3.05, 3.63) is 34.9 Å². The van der Waals surface area contributed by atoms with Crippen LogP contribution >= 0.6 is 12.6 Å². The summed E-state index contributed by atoms with van der Waals surface area (Å²) in [7, 11) is 0. The van der Waals surface area contributed by atoms with Gasteiger partial charge < -0.3 is 5.73 Å². The third kappa shape index (κ3) is 3.21. The van der Waals surface area contributed by atoms with Crippen LogP contribution in [0.3, 0.4) is 0 Å². The van der Waals surface area contributed by atoms with Gasteiger partial charge in [0, 0.05) is 4.53 Å². The largest absolute Gasteiger partial charge is 0.379 e. The lowest BCUT2D eigenvalue weighted by Gasteiger charge is -2.10. The summed E-state index contributed by atoms with van der Waals surface area (Å²) in [6.45, 7) is 1.95. The molecule has 0 saturated heterocycles. The van der Waals surface area contributed by atoms with Crippen LogP contribution in [0.4, 0.5) is 4.53 Å². The third-order valence-electron chi connectivity index (χ3n) is 2.32. The van der Waals surface area contributed by atoms with E-state index in [2.05, 4.69) is 17.6 Å². The summed E-state index contributed by atoms with van der Waals surface area (Å²) >= 11 is 4.11. The summed E-state index contributed by atoms with van der Waals surface area (Å²) in [5.41, 5.74) is 7.75. The van der Waals surface area contributed by atoms with Crippen molar-refractivity contribution >= 4 is 18.6 Å². The van der Waals surface area contributed by atoms with Gasteiger partial charge in [-0.05, 0) is 36.1 Å². The molecule has 88 valence electrons. The first-order chi connectivity index (χ1) is 7.58. The minimum Gasteiger partial charge on any atom is -0.319 e. The predicted molar refractivity (Wildman–Crippen MR) is 63.0 cm³/mol. The number of halogens is 1. The molecule has 0 bridgehead atoms. The molecule has 2 N–H and O–H groups in total. The number of rotatable bonds is 4. The van der Waals surface area contributed by atoms with Crippen LogP contribution in [0.5, 0.6) is 0 Å². The van der Waals surface area contributed by atoms with Crippen molar-refractivity contribution in [3.63, 3.8) is 0 Å². The molecule has 1 atom stereocenters. The molecule has 0 heterocycles. The molecule has 1 aromatic carbocycles. The Kier molecular flexibility index (Phi) is 4.76.